The summed E-state index contributed by atoms with van der Waals surface area (Å²) in [6.45, 7) is 4.94. The number of barbiturate groups is 1. The molecule has 1 aliphatic heterocycles. The van der Waals surface area contributed by atoms with E-state index in [-0.39, 0.29) is 0 Å². The molecule has 0 spiro atoms. The van der Waals surface area contributed by atoms with Crippen LogP contribution in [0.1, 0.15) is 20.8 Å². The number of carbonyl (C=O) groups is 3. The van der Waals surface area contributed by atoms with E-state index in [1.165, 1.54) is 0 Å². The van der Waals surface area contributed by atoms with Crippen LogP contribution in [-0.4, -0.2) is 22.7 Å². The SMILES string of the molecule is CC(C)(C)C1(Cl)C(=O)NC(=O)NC1=O. The molecule has 0 aromatic heterocycles. The third kappa shape index (κ3) is 1.37. The fraction of sp³-hybridized carbons (Fsp3) is 0.625. The van der Waals surface area contributed by atoms with Crippen molar-refractivity contribution in [2.75, 3.05) is 0 Å². The molecule has 0 atom stereocenters. The molecule has 0 aromatic rings. The van der Waals surface area contributed by atoms with Crippen molar-refractivity contribution < 1.29 is 14.4 Å². The monoisotopic (exact) mass is 218 g/mol. The summed E-state index contributed by atoms with van der Waals surface area (Å²) >= 11 is 5.94. The average molecular weight is 219 g/mol. The molecule has 0 aromatic carbocycles. The van der Waals surface area contributed by atoms with Gasteiger partial charge in [-0.3, -0.25) is 20.2 Å². The van der Waals surface area contributed by atoms with Crippen molar-refractivity contribution in [3.05, 3.63) is 0 Å². The lowest BCUT2D eigenvalue weighted by Crippen LogP contribution is -2.68. The fourth-order valence-corrected chi connectivity index (χ4v) is 1.29. The lowest BCUT2D eigenvalue weighted by atomic mass is 9.78. The molecule has 14 heavy (non-hydrogen) atoms. The van der Waals surface area contributed by atoms with E-state index in [2.05, 4.69) is 0 Å². The maximum Gasteiger partial charge on any atom is 0.328 e. The van der Waals surface area contributed by atoms with Gasteiger partial charge in [0.15, 0.2) is 0 Å². The van der Waals surface area contributed by atoms with Gasteiger partial charge >= 0.3 is 6.03 Å². The number of hydrogen-bond acceptors (Lipinski definition) is 3. The second-order valence-corrected chi connectivity index (χ2v) is 4.71. The Kier molecular flexibility index (Phi) is 2.31. The highest BCUT2D eigenvalue weighted by molar-refractivity contribution is 6.49. The second-order valence-electron chi connectivity index (χ2n) is 4.15. The standard InChI is InChI=1S/C8H11ClN2O3/c1-7(2,3)8(9)4(12)10-6(14)11-5(8)13/h1-3H3,(H2,10,11,12,13,14). The lowest BCUT2D eigenvalue weighted by molar-refractivity contribution is -0.137. The lowest BCUT2D eigenvalue weighted by Gasteiger charge is -2.38. The summed E-state index contributed by atoms with van der Waals surface area (Å²) in [5, 5.41) is 3.93. The molecule has 1 aliphatic rings. The predicted molar refractivity (Wildman–Crippen MR) is 49.7 cm³/mol. The molecule has 1 saturated heterocycles. The van der Waals surface area contributed by atoms with Crippen LogP contribution in [0, 0.1) is 5.41 Å². The van der Waals surface area contributed by atoms with Crippen molar-refractivity contribution in [1.29, 1.82) is 0 Å². The van der Waals surface area contributed by atoms with Crippen molar-refractivity contribution in [3.8, 4) is 0 Å². The van der Waals surface area contributed by atoms with E-state index in [1.807, 2.05) is 10.6 Å². The van der Waals surface area contributed by atoms with Gasteiger partial charge in [0, 0.05) is 0 Å². The molecule has 1 heterocycles. The molecule has 0 aliphatic carbocycles. The molecule has 4 amide bonds. The summed E-state index contributed by atoms with van der Waals surface area (Å²) in [5.41, 5.74) is -0.774. The van der Waals surface area contributed by atoms with Crippen molar-refractivity contribution in [2.45, 2.75) is 25.6 Å². The van der Waals surface area contributed by atoms with Gasteiger partial charge in [-0.05, 0) is 5.41 Å². The molecular formula is C8H11ClN2O3. The Labute approximate surface area is 86.2 Å². The number of nitrogens with one attached hydrogen (secondary N) is 2. The normalized spacial score (nSPS) is 21.6. The van der Waals surface area contributed by atoms with Gasteiger partial charge in [0.05, 0.1) is 0 Å². The van der Waals surface area contributed by atoms with E-state index < -0.39 is 28.1 Å². The van der Waals surface area contributed by atoms with Crippen LogP contribution in [0.3, 0.4) is 0 Å². The molecule has 0 radical (unpaired) electrons. The molecule has 78 valence electrons. The van der Waals surface area contributed by atoms with Gasteiger partial charge in [-0.15, -0.1) is 0 Å². The first-order valence-corrected chi connectivity index (χ1v) is 4.43. The Bertz CT molecular complexity index is 299. The zero-order valence-corrected chi connectivity index (χ0v) is 8.86. The first-order chi connectivity index (χ1) is 6.19. The van der Waals surface area contributed by atoms with Gasteiger partial charge in [-0.25, -0.2) is 4.79 Å². The average Bonchev–Trinajstić information content (AvgIpc) is 1.97. The Morgan fingerprint density at radius 2 is 1.43 bits per heavy atom. The molecule has 0 saturated carbocycles. The topological polar surface area (TPSA) is 75.3 Å². The van der Waals surface area contributed by atoms with E-state index in [9.17, 15) is 14.4 Å². The summed E-state index contributed by atoms with van der Waals surface area (Å²) in [6, 6.07) is -0.833. The molecule has 6 heteroatoms. The minimum absolute atomic E-state index is 0.774. The first kappa shape index (κ1) is 11.0. The van der Waals surface area contributed by atoms with Crippen molar-refractivity contribution in [3.63, 3.8) is 0 Å². The molecule has 1 rings (SSSR count). The van der Waals surface area contributed by atoms with Crippen molar-refractivity contribution in [2.24, 2.45) is 5.41 Å². The van der Waals surface area contributed by atoms with Crippen LogP contribution >= 0.6 is 11.6 Å². The van der Waals surface area contributed by atoms with Gasteiger partial charge < -0.3 is 0 Å². The number of hydrogen-bond donors (Lipinski definition) is 2. The van der Waals surface area contributed by atoms with Crippen LogP contribution in [0.25, 0.3) is 0 Å². The van der Waals surface area contributed by atoms with Crippen LogP contribution in [0.2, 0.25) is 0 Å². The van der Waals surface area contributed by atoms with E-state index >= 15 is 0 Å². The smallest absolute Gasteiger partial charge is 0.276 e. The minimum atomic E-state index is -1.74. The molecular weight excluding hydrogens is 208 g/mol. The van der Waals surface area contributed by atoms with Crippen molar-refractivity contribution >= 4 is 29.4 Å². The highest BCUT2D eigenvalue weighted by atomic mass is 35.5. The number of halogens is 1. The van der Waals surface area contributed by atoms with E-state index in [4.69, 9.17) is 11.6 Å². The molecule has 0 unspecified atom stereocenters. The maximum atomic E-state index is 11.5. The van der Waals surface area contributed by atoms with Gasteiger partial charge in [-0.1, -0.05) is 32.4 Å². The van der Waals surface area contributed by atoms with Gasteiger partial charge in [0.25, 0.3) is 11.8 Å². The second kappa shape index (κ2) is 2.95. The van der Waals surface area contributed by atoms with E-state index in [0.717, 1.165) is 0 Å². The maximum absolute atomic E-state index is 11.5. The third-order valence-corrected chi connectivity index (χ3v) is 3.02. The number of carbonyl (C=O) groups excluding carboxylic acids is 3. The van der Waals surface area contributed by atoms with Crippen LogP contribution in [0.4, 0.5) is 4.79 Å². The van der Waals surface area contributed by atoms with Crippen LogP contribution in [0.5, 0.6) is 0 Å². The summed E-state index contributed by atoms with van der Waals surface area (Å²) < 4.78 is 0. The van der Waals surface area contributed by atoms with Gasteiger partial charge in [0.1, 0.15) is 0 Å². The number of rotatable bonds is 0. The highest BCUT2D eigenvalue weighted by Gasteiger charge is 2.56. The van der Waals surface area contributed by atoms with E-state index in [0.29, 0.717) is 0 Å². The molecule has 1 fully saturated rings. The zero-order chi connectivity index (χ0) is 11.1. The number of imide groups is 2. The fourth-order valence-electron chi connectivity index (χ4n) is 1.19. The largest absolute Gasteiger partial charge is 0.328 e. The summed E-state index contributed by atoms with van der Waals surface area (Å²) in [5.74, 6) is -1.55. The molecule has 2 N–H and O–H groups in total. The molecule has 5 nitrogen and oxygen atoms in total. The Balaban J connectivity index is 3.15. The number of alkyl halides is 1. The van der Waals surface area contributed by atoms with Crippen LogP contribution in [0.15, 0.2) is 0 Å². The molecule has 0 bridgehead atoms. The Morgan fingerprint density at radius 1 is 1.07 bits per heavy atom. The number of amides is 4. The number of urea groups is 1. The third-order valence-electron chi connectivity index (χ3n) is 2.11. The van der Waals surface area contributed by atoms with E-state index in [1.54, 1.807) is 20.8 Å². The first-order valence-electron chi connectivity index (χ1n) is 4.05. The zero-order valence-electron chi connectivity index (χ0n) is 8.10. The van der Waals surface area contributed by atoms with Crippen LogP contribution in [-0.2, 0) is 9.59 Å². The highest BCUT2D eigenvalue weighted by Crippen LogP contribution is 2.38. The van der Waals surface area contributed by atoms with Crippen LogP contribution < -0.4 is 10.6 Å². The summed E-state index contributed by atoms with van der Waals surface area (Å²) in [4.78, 5) is 32.0. The predicted octanol–water partition coefficient (Wildman–Crippen LogP) is 0.376. The van der Waals surface area contributed by atoms with Crippen molar-refractivity contribution in [1.82, 2.24) is 10.6 Å². The Morgan fingerprint density at radius 3 is 1.71 bits per heavy atom. The van der Waals surface area contributed by atoms with Gasteiger partial charge in [-0.2, -0.15) is 0 Å². The summed E-state index contributed by atoms with van der Waals surface area (Å²) in [7, 11) is 0. The quantitative estimate of drug-likeness (QED) is 0.456. The minimum Gasteiger partial charge on any atom is -0.276 e. The summed E-state index contributed by atoms with van der Waals surface area (Å²) in [6.07, 6.45) is 0. The Hall–Kier alpha value is -1.10. The van der Waals surface area contributed by atoms with Gasteiger partial charge in [0.2, 0.25) is 4.87 Å².